The lowest BCUT2D eigenvalue weighted by Gasteiger charge is -2.35. The molecule has 0 aromatic heterocycles. The van der Waals surface area contributed by atoms with Gasteiger partial charge < -0.3 is 10.6 Å². The summed E-state index contributed by atoms with van der Waals surface area (Å²) in [7, 11) is 0. The molecule has 1 atom stereocenters. The van der Waals surface area contributed by atoms with Crippen molar-refractivity contribution < 1.29 is 22.8 Å². The van der Waals surface area contributed by atoms with Gasteiger partial charge in [0, 0.05) is 23.1 Å². The molecule has 2 heterocycles. The molecule has 2 aliphatic rings. The Morgan fingerprint density at radius 2 is 1.80 bits per heavy atom. The predicted octanol–water partition coefficient (Wildman–Crippen LogP) is 4.58. The molecule has 158 valence electrons. The Balaban J connectivity index is 1.67. The van der Waals surface area contributed by atoms with Crippen LogP contribution in [-0.2, 0) is 11.7 Å². The number of carbonyl (C=O) groups is 2. The molecule has 0 aliphatic carbocycles. The van der Waals surface area contributed by atoms with Crippen LogP contribution in [0.3, 0.4) is 0 Å². The number of alkyl halides is 4. The number of carbonyl (C=O) groups excluding carboxylic acids is 2. The first-order chi connectivity index (χ1) is 14.2. The van der Waals surface area contributed by atoms with Crippen molar-refractivity contribution in [1.82, 2.24) is 10.6 Å². The zero-order valence-electron chi connectivity index (χ0n) is 16.0. The third-order valence-corrected chi connectivity index (χ3v) is 6.26. The van der Waals surface area contributed by atoms with E-state index in [0.717, 1.165) is 6.07 Å². The van der Waals surface area contributed by atoms with Crippen LogP contribution in [0, 0.1) is 0 Å². The summed E-state index contributed by atoms with van der Waals surface area (Å²) in [6, 6.07) is 9.94. The molecule has 4 rings (SSSR count). The van der Waals surface area contributed by atoms with Gasteiger partial charge in [0.2, 0.25) is 0 Å². The van der Waals surface area contributed by atoms with Crippen molar-refractivity contribution in [3.63, 3.8) is 0 Å². The van der Waals surface area contributed by atoms with Gasteiger partial charge in [0.05, 0.1) is 16.5 Å². The average molecular weight is 437 g/mol. The van der Waals surface area contributed by atoms with Crippen LogP contribution in [0.4, 0.5) is 13.2 Å². The summed E-state index contributed by atoms with van der Waals surface area (Å²) in [6.45, 7) is 1.39. The number of hydrogen-bond acceptors (Lipinski definition) is 3. The Hall–Kier alpha value is -2.38. The van der Waals surface area contributed by atoms with Crippen molar-refractivity contribution in [3.05, 3.63) is 70.3 Å². The van der Waals surface area contributed by atoms with E-state index in [4.69, 9.17) is 11.6 Å². The van der Waals surface area contributed by atoms with Crippen molar-refractivity contribution >= 4 is 23.3 Å². The van der Waals surface area contributed by atoms with Crippen molar-refractivity contribution in [2.24, 2.45) is 0 Å². The second-order valence-electron chi connectivity index (χ2n) is 7.69. The van der Waals surface area contributed by atoms with E-state index in [1.165, 1.54) is 18.2 Å². The highest BCUT2D eigenvalue weighted by Crippen LogP contribution is 2.42. The number of benzene rings is 2. The molecular weight excluding hydrogens is 417 g/mol. The lowest BCUT2D eigenvalue weighted by molar-refractivity contribution is -0.138. The number of Topliss-reactive ketones (excluding diaryl/α,β-unsaturated/α-hetero) is 1. The summed E-state index contributed by atoms with van der Waals surface area (Å²) in [5, 5.41) is 5.13. The first-order valence-electron chi connectivity index (χ1n) is 9.73. The van der Waals surface area contributed by atoms with Gasteiger partial charge >= 0.3 is 6.18 Å². The fourth-order valence-corrected chi connectivity index (χ4v) is 4.81. The van der Waals surface area contributed by atoms with Gasteiger partial charge in [-0.1, -0.05) is 30.3 Å². The molecule has 2 aromatic carbocycles. The maximum absolute atomic E-state index is 13.3. The number of fused-ring (bicyclic) bond motifs is 2. The normalized spacial score (nSPS) is 18.7. The highest BCUT2D eigenvalue weighted by Gasteiger charge is 2.46. The topological polar surface area (TPSA) is 58.2 Å². The van der Waals surface area contributed by atoms with E-state index in [1.54, 1.807) is 18.2 Å². The number of amides is 1. The Labute approximate surface area is 176 Å². The first kappa shape index (κ1) is 20.9. The number of rotatable bonds is 4. The van der Waals surface area contributed by atoms with Crippen molar-refractivity contribution in [2.75, 3.05) is 13.1 Å². The summed E-state index contributed by atoms with van der Waals surface area (Å²) < 4.78 is 40.0. The van der Waals surface area contributed by atoms with Crippen LogP contribution in [0.25, 0.3) is 0 Å². The van der Waals surface area contributed by atoms with Crippen LogP contribution in [0.5, 0.6) is 0 Å². The van der Waals surface area contributed by atoms with Gasteiger partial charge in [-0.15, -0.1) is 11.6 Å². The van der Waals surface area contributed by atoms with Gasteiger partial charge in [-0.05, 0) is 43.6 Å². The predicted molar refractivity (Wildman–Crippen MR) is 107 cm³/mol. The van der Waals surface area contributed by atoms with E-state index in [-0.39, 0.29) is 23.7 Å². The third-order valence-electron chi connectivity index (χ3n) is 5.87. The quantitative estimate of drug-likeness (QED) is 0.545. The molecule has 2 N–H and O–H groups in total. The Morgan fingerprint density at radius 1 is 1.10 bits per heavy atom. The molecule has 0 radical (unpaired) electrons. The molecule has 2 aliphatic heterocycles. The fourth-order valence-electron chi connectivity index (χ4n) is 4.48. The first-order valence-corrected chi connectivity index (χ1v) is 10.2. The standard InChI is InChI=1S/C22H20ClF3N2O2/c23-17(13-4-1-2-7-16(13)22(24,25)26)12-18(29)14-5-3-6-15-19(14)21(28-20(15)30)8-10-27-11-9-21/h1-7,17,27H,8-12H2,(H,28,30). The largest absolute Gasteiger partial charge is 0.416 e. The van der Waals surface area contributed by atoms with Crippen LogP contribution in [0.15, 0.2) is 42.5 Å². The number of halogens is 4. The van der Waals surface area contributed by atoms with E-state index in [2.05, 4.69) is 10.6 Å². The third kappa shape index (κ3) is 3.61. The second-order valence-corrected chi connectivity index (χ2v) is 8.22. The van der Waals surface area contributed by atoms with Gasteiger partial charge in [0.1, 0.15) is 0 Å². The molecule has 0 bridgehead atoms. The lowest BCUT2D eigenvalue weighted by Crippen LogP contribution is -2.48. The molecule has 1 fully saturated rings. The Bertz CT molecular complexity index is 1000. The van der Waals surface area contributed by atoms with Gasteiger partial charge in [-0.2, -0.15) is 13.2 Å². The van der Waals surface area contributed by atoms with E-state index in [9.17, 15) is 22.8 Å². The number of ketones is 1. The smallest absolute Gasteiger partial charge is 0.342 e. The van der Waals surface area contributed by atoms with Gasteiger partial charge in [0.25, 0.3) is 5.91 Å². The number of piperidine rings is 1. The molecule has 4 nitrogen and oxygen atoms in total. The average Bonchev–Trinajstić information content (AvgIpc) is 2.99. The summed E-state index contributed by atoms with van der Waals surface area (Å²) in [6.07, 6.45) is -3.58. The monoisotopic (exact) mass is 436 g/mol. The number of nitrogens with one attached hydrogen (secondary N) is 2. The molecule has 30 heavy (non-hydrogen) atoms. The van der Waals surface area contributed by atoms with Crippen molar-refractivity contribution in [1.29, 1.82) is 0 Å². The highest BCUT2D eigenvalue weighted by atomic mass is 35.5. The zero-order chi connectivity index (χ0) is 21.5. The Kier molecular flexibility index (Phi) is 5.36. The molecule has 1 unspecified atom stereocenters. The van der Waals surface area contributed by atoms with Crippen molar-refractivity contribution in [3.8, 4) is 0 Å². The highest BCUT2D eigenvalue weighted by molar-refractivity contribution is 6.23. The number of hydrogen-bond donors (Lipinski definition) is 2. The molecule has 1 spiro atoms. The Morgan fingerprint density at radius 3 is 2.50 bits per heavy atom. The second kappa shape index (κ2) is 7.71. The maximum Gasteiger partial charge on any atom is 0.416 e. The maximum atomic E-state index is 13.3. The summed E-state index contributed by atoms with van der Waals surface area (Å²) >= 11 is 6.31. The van der Waals surface area contributed by atoms with Crippen LogP contribution in [-0.4, -0.2) is 24.8 Å². The summed E-state index contributed by atoms with van der Waals surface area (Å²) in [5.74, 6) is -0.607. The van der Waals surface area contributed by atoms with Gasteiger partial charge in [0.15, 0.2) is 5.78 Å². The molecule has 8 heteroatoms. The van der Waals surface area contributed by atoms with Gasteiger partial charge in [-0.25, -0.2) is 0 Å². The minimum atomic E-state index is -4.56. The summed E-state index contributed by atoms with van der Waals surface area (Å²) in [5.41, 5.74) is -0.154. The van der Waals surface area contributed by atoms with Crippen LogP contribution in [0.1, 0.15) is 62.0 Å². The minimum Gasteiger partial charge on any atom is -0.342 e. The molecule has 1 saturated heterocycles. The molecule has 2 aromatic rings. The zero-order valence-corrected chi connectivity index (χ0v) is 16.7. The lowest BCUT2D eigenvalue weighted by atomic mass is 9.78. The summed E-state index contributed by atoms with van der Waals surface area (Å²) in [4.78, 5) is 25.7. The van der Waals surface area contributed by atoms with E-state index in [1.807, 2.05) is 0 Å². The van der Waals surface area contributed by atoms with Crippen molar-refractivity contribution in [2.45, 2.75) is 36.4 Å². The fraction of sp³-hybridized carbons (Fsp3) is 0.364. The molecule has 0 saturated carbocycles. The van der Waals surface area contributed by atoms with Crippen LogP contribution < -0.4 is 10.6 Å². The van der Waals surface area contributed by atoms with E-state index < -0.39 is 22.7 Å². The molecular formula is C22H20ClF3N2O2. The van der Waals surface area contributed by atoms with Crippen LogP contribution in [0.2, 0.25) is 0 Å². The molecule has 1 amide bonds. The van der Waals surface area contributed by atoms with E-state index >= 15 is 0 Å². The minimum absolute atomic E-state index is 0.127. The van der Waals surface area contributed by atoms with E-state index in [0.29, 0.717) is 42.6 Å². The SMILES string of the molecule is O=C(CC(Cl)c1ccccc1C(F)(F)F)c1cccc2c1C1(CCNCC1)NC2=O. The van der Waals surface area contributed by atoms with Crippen LogP contribution >= 0.6 is 11.6 Å². The van der Waals surface area contributed by atoms with Gasteiger partial charge in [-0.3, -0.25) is 9.59 Å².